The Balaban J connectivity index is 2.42. The molecule has 0 aliphatic rings. The van der Waals surface area contributed by atoms with Crippen molar-refractivity contribution in [2.24, 2.45) is 0 Å². The van der Waals surface area contributed by atoms with E-state index in [9.17, 15) is 22.0 Å². The van der Waals surface area contributed by atoms with Crippen molar-refractivity contribution >= 4 is 27.3 Å². The fourth-order valence-electron chi connectivity index (χ4n) is 1.92. The molecule has 2 aromatic carbocycles. The Morgan fingerprint density at radius 2 is 1.79 bits per heavy atom. The first kappa shape index (κ1) is 17.7. The Hall–Kier alpha value is -2.68. The smallest absolute Gasteiger partial charge is 0.262 e. The molecule has 2 N–H and O–H groups in total. The van der Waals surface area contributed by atoms with Crippen molar-refractivity contribution in [3.63, 3.8) is 0 Å². The van der Waals surface area contributed by atoms with Gasteiger partial charge in [0.25, 0.3) is 10.0 Å². The molecule has 128 valence electrons. The summed E-state index contributed by atoms with van der Waals surface area (Å²) in [7, 11) is -2.84. The van der Waals surface area contributed by atoms with Gasteiger partial charge in [0.2, 0.25) is 5.91 Å². The molecule has 0 aliphatic carbocycles. The molecule has 0 aromatic heterocycles. The second kappa shape index (κ2) is 6.83. The van der Waals surface area contributed by atoms with Gasteiger partial charge in [-0.25, -0.2) is 17.2 Å². The van der Waals surface area contributed by atoms with Gasteiger partial charge in [0.05, 0.1) is 23.4 Å². The number of rotatable bonds is 5. The molecule has 2 rings (SSSR count). The van der Waals surface area contributed by atoms with E-state index in [0.29, 0.717) is 0 Å². The zero-order valence-corrected chi connectivity index (χ0v) is 13.6. The molecule has 0 saturated heterocycles. The van der Waals surface area contributed by atoms with E-state index < -0.39 is 33.3 Å². The molecule has 0 saturated carbocycles. The zero-order chi connectivity index (χ0) is 17.9. The van der Waals surface area contributed by atoms with Gasteiger partial charge in [-0.2, -0.15) is 0 Å². The first-order chi connectivity index (χ1) is 11.2. The number of carbonyl (C=O) groups is 1. The number of ether oxygens (including phenoxy) is 1. The van der Waals surface area contributed by atoms with Crippen molar-refractivity contribution in [2.75, 3.05) is 17.1 Å². The Morgan fingerprint density at radius 1 is 1.08 bits per heavy atom. The highest BCUT2D eigenvalue weighted by Crippen LogP contribution is 2.29. The van der Waals surface area contributed by atoms with Crippen molar-refractivity contribution in [1.82, 2.24) is 0 Å². The van der Waals surface area contributed by atoms with E-state index >= 15 is 0 Å². The van der Waals surface area contributed by atoms with Crippen molar-refractivity contribution in [3.05, 3.63) is 48.0 Å². The zero-order valence-electron chi connectivity index (χ0n) is 12.8. The Morgan fingerprint density at radius 3 is 2.42 bits per heavy atom. The van der Waals surface area contributed by atoms with Crippen LogP contribution < -0.4 is 14.8 Å². The standard InChI is InChI=1S/C15H14F2N2O4S/c1-9(20)18-14-8-11(4-6-15(14)23-2)24(21,22)19-13-7-10(16)3-5-12(13)17/h3-8,19H,1-2H3,(H,18,20). The lowest BCUT2D eigenvalue weighted by atomic mass is 10.3. The molecule has 24 heavy (non-hydrogen) atoms. The number of amides is 1. The number of hydrogen-bond acceptors (Lipinski definition) is 4. The number of benzene rings is 2. The second-order valence-corrected chi connectivity index (χ2v) is 6.46. The van der Waals surface area contributed by atoms with Crippen LogP contribution in [0.1, 0.15) is 6.92 Å². The minimum absolute atomic E-state index is 0.132. The quantitative estimate of drug-likeness (QED) is 0.863. The van der Waals surface area contributed by atoms with Gasteiger partial charge in [-0.3, -0.25) is 9.52 Å². The van der Waals surface area contributed by atoms with E-state index in [4.69, 9.17) is 4.74 Å². The number of methoxy groups -OCH3 is 1. The molecule has 0 unspecified atom stereocenters. The van der Waals surface area contributed by atoms with Crippen LogP contribution in [0.4, 0.5) is 20.2 Å². The van der Waals surface area contributed by atoms with E-state index in [0.717, 1.165) is 24.3 Å². The van der Waals surface area contributed by atoms with Crippen molar-refractivity contribution < 1.29 is 26.7 Å². The fourth-order valence-corrected chi connectivity index (χ4v) is 3.00. The van der Waals surface area contributed by atoms with Crippen LogP contribution >= 0.6 is 0 Å². The van der Waals surface area contributed by atoms with Crippen LogP contribution in [-0.4, -0.2) is 21.4 Å². The third kappa shape index (κ3) is 3.99. The van der Waals surface area contributed by atoms with Crippen LogP contribution in [-0.2, 0) is 14.8 Å². The summed E-state index contributed by atoms with van der Waals surface area (Å²) in [4.78, 5) is 10.9. The maximum Gasteiger partial charge on any atom is 0.262 e. The van der Waals surface area contributed by atoms with Crippen molar-refractivity contribution in [1.29, 1.82) is 0 Å². The molecule has 0 spiro atoms. The fraction of sp³-hybridized carbons (Fsp3) is 0.133. The molecule has 0 bridgehead atoms. The maximum atomic E-state index is 13.6. The minimum Gasteiger partial charge on any atom is -0.495 e. The molecule has 0 fully saturated rings. The van der Waals surface area contributed by atoms with Crippen molar-refractivity contribution in [2.45, 2.75) is 11.8 Å². The lowest BCUT2D eigenvalue weighted by Crippen LogP contribution is -2.15. The van der Waals surface area contributed by atoms with Gasteiger partial charge < -0.3 is 10.1 Å². The summed E-state index contributed by atoms with van der Waals surface area (Å²) in [5, 5.41) is 2.43. The van der Waals surface area contributed by atoms with Crippen LogP contribution in [0, 0.1) is 11.6 Å². The number of sulfonamides is 1. The average Bonchev–Trinajstić information content (AvgIpc) is 2.50. The molecule has 1 amide bonds. The number of nitrogens with one attached hydrogen (secondary N) is 2. The first-order valence-corrected chi connectivity index (χ1v) is 8.15. The summed E-state index contributed by atoms with van der Waals surface area (Å²) >= 11 is 0. The normalized spacial score (nSPS) is 11.0. The molecule has 0 atom stereocenters. The Bertz CT molecular complexity index is 885. The Kier molecular flexibility index (Phi) is 5.03. The van der Waals surface area contributed by atoms with E-state index in [1.807, 2.05) is 4.72 Å². The highest BCUT2D eigenvalue weighted by Gasteiger charge is 2.19. The molecule has 0 heterocycles. The summed E-state index contributed by atoms with van der Waals surface area (Å²) in [5.74, 6) is -1.88. The van der Waals surface area contributed by atoms with Crippen LogP contribution in [0.2, 0.25) is 0 Å². The number of anilines is 2. The predicted octanol–water partition coefficient (Wildman–Crippen LogP) is 2.73. The highest BCUT2D eigenvalue weighted by molar-refractivity contribution is 7.92. The predicted molar refractivity (Wildman–Crippen MR) is 84.5 cm³/mol. The summed E-state index contributed by atoms with van der Waals surface area (Å²) in [6.45, 7) is 1.25. The molecule has 0 aliphatic heterocycles. The summed E-state index contributed by atoms with van der Waals surface area (Å²) in [5.41, 5.74) is -0.389. The minimum atomic E-state index is -4.20. The van der Waals surface area contributed by atoms with Gasteiger partial charge in [0, 0.05) is 13.0 Å². The lowest BCUT2D eigenvalue weighted by molar-refractivity contribution is -0.114. The van der Waals surface area contributed by atoms with Crippen LogP contribution in [0.25, 0.3) is 0 Å². The van der Waals surface area contributed by atoms with Gasteiger partial charge >= 0.3 is 0 Å². The summed E-state index contributed by atoms with van der Waals surface area (Å²) in [6.07, 6.45) is 0. The number of halogens is 2. The van der Waals surface area contributed by atoms with Gasteiger partial charge in [-0.15, -0.1) is 0 Å². The molecule has 0 radical (unpaired) electrons. The number of carbonyl (C=O) groups excluding carboxylic acids is 1. The highest BCUT2D eigenvalue weighted by atomic mass is 32.2. The topological polar surface area (TPSA) is 84.5 Å². The average molecular weight is 356 g/mol. The third-order valence-electron chi connectivity index (χ3n) is 2.96. The van der Waals surface area contributed by atoms with Crippen LogP contribution in [0.15, 0.2) is 41.3 Å². The van der Waals surface area contributed by atoms with Gasteiger partial charge in [-0.05, 0) is 30.3 Å². The molecule has 6 nitrogen and oxygen atoms in total. The van der Waals surface area contributed by atoms with Crippen LogP contribution in [0.3, 0.4) is 0 Å². The molecule has 2 aromatic rings. The maximum absolute atomic E-state index is 13.6. The Labute approximate surface area is 137 Å². The monoisotopic (exact) mass is 356 g/mol. The number of hydrogen-bond donors (Lipinski definition) is 2. The van der Waals surface area contributed by atoms with E-state index in [1.165, 1.54) is 26.2 Å². The van der Waals surface area contributed by atoms with Gasteiger partial charge in [-0.1, -0.05) is 0 Å². The van der Waals surface area contributed by atoms with Crippen LogP contribution in [0.5, 0.6) is 5.75 Å². The van der Waals surface area contributed by atoms with E-state index in [1.54, 1.807) is 0 Å². The van der Waals surface area contributed by atoms with Crippen molar-refractivity contribution in [3.8, 4) is 5.75 Å². The molecule has 9 heteroatoms. The van der Waals surface area contributed by atoms with E-state index in [2.05, 4.69) is 5.32 Å². The summed E-state index contributed by atoms with van der Waals surface area (Å²) < 4.78 is 58.5. The molecular formula is C15H14F2N2O4S. The van der Waals surface area contributed by atoms with E-state index in [-0.39, 0.29) is 16.3 Å². The largest absolute Gasteiger partial charge is 0.495 e. The lowest BCUT2D eigenvalue weighted by Gasteiger charge is -2.13. The second-order valence-electron chi connectivity index (χ2n) is 4.77. The third-order valence-corrected chi connectivity index (χ3v) is 4.33. The SMILES string of the molecule is COc1ccc(S(=O)(=O)Nc2cc(F)ccc2F)cc1NC(C)=O. The molecular weight excluding hydrogens is 342 g/mol. The van der Waals surface area contributed by atoms with Gasteiger partial charge in [0.15, 0.2) is 0 Å². The summed E-state index contributed by atoms with van der Waals surface area (Å²) in [6, 6.07) is 6.11. The first-order valence-electron chi connectivity index (χ1n) is 6.66. The van der Waals surface area contributed by atoms with Gasteiger partial charge in [0.1, 0.15) is 17.4 Å².